The van der Waals surface area contributed by atoms with Crippen molar-refractivity contribution in [3.63, 3.8) is 0 Å². The molecule has 2 heteroatoms. The van der Waals surface area contributed by atoms with Crippen LogP contribution in [0.4, 0.5) is 0 Å². The van der Waals surface area contributed by atoms with E-state index >= 15 is 0 Å². The summed E-state index contributed by atoms with van der Waals surface area (Å²) in [5, 5.41) is 3.40. The molecule has 2 atom stereocenters. The zero-order valence-electron chi connectivity index (χ0n) is 6.31. The molecule has 2 aliphatic heterocycles. The highest BCUT2D eigenvalue weighted by atomic mass is 16.5. The van der Waals surface area contributed by atoms with Crippen LogP contribution in [0.1, 0.15) is 19.3 Å². The Labute approximate surface area is 61.9 Å². The third-order valence-electron chi connectivity index (χ3n) is 2.59. The molecule has 2 aliphatic rings. The molecular formula is C8H15NO. The van der Waals surface area contributed by atoms with Crippen molar-refractivity contribution in [2.45, 2.75) is 25.4 Å². The zero-order valence-corrected chi connectivity index (χ0v) is 6.31. The van der Waals surface area contributed by atoms with Gasteiger partial charge >= 0.3 is 0 Å². The van der Waals surface area contributed by atoms with Crippen LogP contribution in [0.2, 0.25) is 0 Å². The van der Waals surface area contributed by atoms with Gasteiger partial charge in [-0.25, -0.2) is 0 Å². The molecule has 10 heavy (non-hydrogen) atoms. The normalized spacial score (nSPS) is 40.8. The molecule has 0 bridgehead atoms. The first-order valence-corrected chi connectivity index (χ1v) is 4.29. The number of hydrogen-bond acceptors (Lipinski definition) is 2. The molecule has 0 aromatic carbocycles. The smallest absolute Gasteiger partial charge is 0.0627 e. The second-order valence-electron chi connectivity index (χ2n) is 3.30. The highest BCUT2D eigenvalue weighted by Gasteiger charge is 2.27. The summed E-state index contributed by atoms with van der Waals surface area (Å²) in [4.78, 5) is 0. The van der Waals surface area contributed by atoms with E-state index in [-0.39, 0.29) is 0 Å². The average molecular weight is 141 g/mol. The van der Waals surface area contributed by atoms with Crippen molar-refractivity contribution in [2.24, 2.45) is 5.92 Å². The molecular weight excluding hydrogens is 126 g/mol. The number of ether oxygens (including phenoxy) is 1. The molecule has 2 saturated heterocycles. The van der Waals surface area contributed by atoms with Gasteiger partial charge in [0.15, 0.2) is 0 Å². The Morgan fingerprint density at radius 3 is 3.20 bits per heavy atom. The molecule has 0 aromatic heterocycles. The Hall–Kier alpha value is -0.0800. The van der Waals surface area contributed by atoms with Crippen molar-refractivity contribution >= 4 is 0 Å². The van der Waals surface area contributed by atoms with Crippen LogP contribution in [-0.2, 0) is 4.74 Å². The lowest BCUT2D eigenvalue weighted by molar-refractivity contribution is -0.0406. The summed E-state index contributed by atoms with van der Waals surface area (Å²) in [6.07, 6.45) is 4.46. The monoisotopic (exact) mass is 141 g/mol. The van der Waals surface area contributed by atoms with Crippen LogP contribution < -0.4 is 5.32 Å². The minimum atomic E-state index is 0.593. The highest BCUT2D eigenvalue weighted by molar-refractivity contribution is 4.80. The molecule has 2 rings (SSSR count). The van der Waals surface area contributed by atoms with E-state index in [2.05, 4.69) is 5.32 Å². The van der Waals surface area contributed by atoms with Gasteiger partial charge in [0.2, 0.25) is 0 Å². The summed E-state index contributed by atoms with van der Waals surface area (Å²) in [5.41, 5.74) is 0. The van der Waals surface area contributed by atoms with Gasteiger partial charge in [-0.15, -0.1) is 0 Å². The molecule has 2 nitrogen and oxygen atoms in total. The van der Waals surface area contributed by atoms with Crippen LogP contribution in [-0.4, -0.2) is 25.8 Å². The molecule has 58 valence electrons. The first kappa shape index (κ1) is 6.62. The molecule has 0 spiro atoms. The molecule has 0 saturated carbocycles. The quantitative estimate of drug-likeness (QED) is 0.538. The number of piperidine rings is 1. The summed E-state index contributed by atoms with van der Waals surface area (Å²) in [6, 6.07) is 0. The van der Waals surface area contributed by atoms with Crippen LogP contribution in [0.15, 0.2) is 0 Å². The summed E-state index contributed by atoms with van der Waals surface area (Å²) in [6.45, 7) is 3.34. The second kappa shape index (κ2) is 2.89. The standard InChI is InChI=1S/C8H15NO/c1-2-7-6-9-4-3-8(7)10-5-1/h7-9H,1-6H2/t7-,8+/m1/s1. The van der Waals surface area contributed by atoms with Crippen LogP contribution >= 0.6 is 0 Å². The molecule has 2 heterocycles. The van der Waals surface area contributed by atoms with Gasteiger partial charge in [-0.2, -0.15) is 0 Å². The van der Waals surface area contributed by atoms with E-state index in [0.717, 1.165) is 19.1 Å². The lowest BCUT2D eigenvalue weighted by Gasteiger charge is -2.35. The predicted molar refractivity (Wildman–Crippen MR) is 40.0 cm³/mol. The van der Waals surface area contributed by atoms with Gasteiger partial charge in [0.1, 0.15) is 0 Å². The van der Waals surface area contributed by atoms with E-state index in [1.165, 1.54) is 25.8 Å². The minimum Gasteiger partial charge on any atom is -0.378 e. The zero-order chi connectivity index (χ0) is 6.81. The SMILES string of the molecule is C1CO[C@H]2CCNC[C@H]2C1. The van der Waals surface area contributed by atoms with Gasteiger partial charge in [-0.1, -0.05) is 0 Å². The Kier molecular flexibility index (Phi) is 1.91. The Bertz CT molecular complexity index is 89.8. The Balaban J connectivity index is 1.93. The van der Waals surface area contributed by atoms with E-state index < -0.39 is 0 Å². The topological polar surface area (TPSA) is 21.3 Å². The van der Waals surface area contributed by atoms with Crippen molar-refractivity contribution in [2.75, 3.05) is 19.7 Å². The van der Waals surface area contributed by atoms with Gasteiger partial charge in [-0.3, -0.25) is 0 Å². The predicted octanol–water partition coefficient (Wildman–Crippen LogP) is 0.775. The number of nitrogens with one attached hydrogen (secondary N) is 1. The van der Waals surface area contributed by atoms with Gasteiger partial charge in [0.25, 0.3) is 0 Å². The maximum atomic E-state index is 5.64. The summed E-state index contributed by atoms with van der Waals surface area (Å²) < 4.78 is 5.64. The minimum absolute atomic E-state index is 0.593. The molecule has 1 N–H and O–H groups in total. The molecule has 0 aliphatic carbocycles. The fourth-order valence-electron chi connectivity index (χ4n) is 1.99. The second-order valence-corrected chi connectivity index (χ2v) is 3.30. The Morgan fingerprint density at radius 2 is 2.30 bits per heavy atom. The van der Waals surface area contributed by atoms with Crippen LogP contribution in [0.25, 0.3) is 0 Å². The summed E-state index contributed by atoms with van der Waals surface area (Å²) >= 11 is 0. The van der Waals surface area contributed by atoms with Crippen molar-refractivity contribution in [1.82, 2.24) is 5.32 Å². The van der Waals surface area contributed by atoms with E-state index in [1.54, 1.807) is 0 Å². The van der Waals surface area contributed by atoms with Gasteiger partial charge in [-0.05, 0) is 31.7 Å². The third kappa shape index (κ3) is 1.18. The fourth-order valence-corrected chi connectivity index (χ4v) is 1.99. The van der Waals surface area contributed by atoms with E-state index in [1.807, 2.05) is 0 Å². The molecule has 0 aromatic rings. The lowest BCUT2D eigenvalue weighted by atomic mass is 9.90. The third-order valence-corrected chi connectivity index (χ3v) is 2.59. The van der Waals surface area contributed by atoms with Crippen molar-refractivity contribution in [1.29, 1.82) is 0 Å². The molecule has 0 unspecified atom stereocenters. The van der Waals surface area contributed by atoms with Gasteiger partial charge < -0.3 is 10.1 Å². The summed E-state index contributed by atoms with van der Waals surface area (Å²) in [7, 11) is 0. The average Bonchev–Trinajstić information content (AvgIpc) is 2.05. The molecule has 2 fully saturated rings. The fraction of sp³-hybridized carbons (Fsp3) is 1.00. The first-order chi connectivity index (χ1) is 4.97. The number of rotatable bonds is 0. The van der Waals surface area contributed by atoms with Crippen molar-refractivity contribution in [3.8, 4) is 0 Å². The molecule has 0 radical (unpaired) electrons. The van der Waals surface area contributed by atoms with Crippen LogP contribution in [0.3, 0.4) is 0 Å². The van der Waals surface area contributed by atoms with Crippen LogP contribution in [0.5, 0.6) is 0 Å². The van der Waals surface area contributed by atoms with E-state index in [9.17, 15) is 0 Å². The summed E-state index contributed by atoms with van der Waals surface area (Å²) in [5.74, 6) is 0.822. The molecule has 0 amide bonds. The van der Waals surface area contributed by atoms with Gasteiger partial charge in [0.05, 0.1) is 6.10 Å². The lowest BCUT2D eigenvalue weighted by Crippen LogP contribution is -2.43. The maximum absolute atomic E-state index is 5.64. The maximum Gasteiger partial charge on any atom is 0.0627 e. The highest BCUT2D eigenvalue weighted by Crippen LogP contribution is 2.24. The number of fused-ring (bicyclic) bond motifs is 1. The van der Waals surface area contributed by atoms with Crippen molar-refractivity contribution < 1.29 is 4.74 Å². The van der Waals surface area contributed by atoms with Gasteiger partial charge in [0, 0.05) is 13.2 Å². The van der Waals surface area contributed by atoms with Crippen molar-refractivity contribution in [3.05, 3.63) is 0 Å². The van der Waals surface area contributed by atoms with E-state index in [4.69, 9.17) is 4.74 Å². The van der Waals surface area contributed by atoms with E-state index in [0.29, 0.717) is 6.10 Å². The number of hydrogen-bond donors (Lipinski definition) is 1. The van der Waals surface area contributed by atoms with Crippen LogP contribution in [0, 0.1) is 5.92 Å². The Morgan fingerprint density at radius 1 is 1.30 bits per heavy atom. The largest absolute Gasteiger partial charge is 0.378 e. The first-order valence-electron chi connectivity index (χ1n) is 4.29.